The second-order valence-corrected chi connectivity index (χ2v) is 5.92. The molecule has 5 nitrogen and oxygen atoms in total. The van der Waals surface area contributed by atoms with Gasteiger partial charge in [-0.3, -0.25) is 9.69 Å². The molecule has 2 rings (SSSR count). The number of carbonyl (C=O) groups excluding carboxylic acids is 1. The van der Waals surface area contributed by atoms with Gasteiger partial charge in [0.15, 0.2) is 0 Å². The Kier molecular flexibility index (Phi) is 5.07. The third-order valence-electron chi connectivity index (χ3n) is 4.18. The number of piperazine rings is 1. The smallest absolute Gasteiger partial charge is 0.236 e. The number of hydrogen-bond acceptors (Lipinski definition) is 4. The number of rotatable bonds is 4. The fourth-order valence-corrected chi connectivity index (χ4v) is 2.51. The maximum absolute atomic E-state index is 12.1. The van der Waals surface area contributed by atoms with Crippen molar-refractivity contribution >= 4 is 17.3 Å². The number of carbonyl (C=O) groups is 1. The molecule has 1 fully saturated rings. The minimum atomic E-state index is 0.192. The zero-order chi connectivity index (χ0) is 15.4. The summed E-state index contributed by atoms with van der Waals surface area (Å²) in [5.74, 6) is 0.192. The molecule has 0 bridgehead atoms. The van der Waals surface area contributed by atoms with Crippen LogP contribution in [0.2, 0.25) is 0 Å². The van der Waals surface area contributed by atoms with Crippen LogP contribution in [0.1, 0.15) is 13.8 Å². The highest BCUT2D eigenvalue weighted by atomic mass is 16.2. The number of hydrogen-bond donors (Lipinski definition) is 1. The predicted molar refractivity (Wildman–Crippen MR) is 87.4 cm³/mol. The SMILES string of the molecule is CC(C)N(C)C(=O)CN1CCN(c2ccccc2N)CC1. The molecular weight excluding hydrogens is 264 g/mol. The van der Waals surface area contributed by atoms with Crippen LogP contribution in [-0.2, 0) is 4.79 Å². The summed E-state index contributed by atoms with van der Waals surface area (Å²) in [6, 6.07) is 8.21. The van der Waals surface area contributed by atoms with E-state index in [1.807, 2.05) is 44.0 Å². The first-order chi connectivity index (χ1) is 9.99. The summed E-state index contributed by atoms with van der Waals surface area (Å²) in [5.41, 5.74) is 7.94. The predicted octanol–water partition coefficient (Wildman–Crippen LogP) is 1.26. The van der Waals surface area contributed by atoms with Crippen LogP contribution < -0.4 is 10.6 Å². The van der Waals surface area contributed by atoms with Gasteiger partial charge in [-0.15, -0.1) is 0 Å². The van der Waals surface area contributed by atoms with Crippen molar-refractivity contribution in [3.8, 4) is 0 Å². The van der Waals surface area contributed by atoms with Crippen molar-refractivity contribution in [2.75, 3.05) is 50.4 Å². The summed E-state index contributed by atoms with van der Waals surface area (Å²) >= 11 is 0. The molecule has 1 saturated heterocycles. The molecule has 1 aromatic rings. The molecule has 1 aromatic carbocycles. The highest BCUT2D eigenvalue weighted by Gasteiger charge is 2.22. The Balaban J connectivity index is 1.86. The molecule has 0 unspecified atom stereocenters. The Hall–Kier alpha value is -1.75. The Morgan fingerprint density at radius 3 is 2.43 bits per heavy atom. The third kappa shape index (κ3) is 3.88. The number of likely N-dealkylation sites (N-methyl/N-ethyl adjacent to an activating group) is 1. The summed E-state index contributed by atoms with van der Waals surface area (Å²) in [6.07, 6.45) is 0. The van der Waals surface area contributed by atoms with Gasteiger partial charge in [0.2, 0.25) is 5.91 Å². The first-order valence-corrected chi connectivity index (χ1v) is 7.56. The van der Waals surface area contributed by atoms with E-state index in [4.69, 9.17) is 5.73 Å². The molecule has 0 aromatic heterocycles. The van der Waals surface area contributed by atoms with Gasteiger partial charge in [0, 0.05) is 39.3 Å². The maximum Gasteiger partial charge on any atom is 0.236 e. The molecule has 116 valence electrons. The molecule has 1 aliphatic heterocycles. The number of nitrogens with two attached hydrogens (primary N) is 1. The minimum Gasteiger partial charge on any atom is -0.397 e. The Morgan fingerprint density at radius 1 is 1.24 bits per heavy atom. The molecular formula is C16H26N4O. The topological polar surface area (TPSA) is 52.8 Å². The van der Waals surface area contributed by atoms with Gasteiger partial charge in [0.05, 0.1) is 17.9 Å². The van der Waals surface area contributed by atoms with E-state index < -0.39 is 0 Å². The van der Waals surface area contributed by atoms with Crippen molar-refractivity contribution in [3.63, 3.8) is 0 Å². The first kappa shape index (κ1) is 15.6. The largest absolute Gasteiger partial charge is 0.397 e. The standard InChI is InChI=1S/C16H26N4O/c1-13(2)18(3)16(21)12-19-8-10-20(11-9-19)15-7-5-4-6-14(15)17/h4-7,13H,8-12,17H2,1-3H3. The second-order valence-electron chi connectivity index (χ2n) is 5.92. The lowest BCUT2D eigenvalue weighted by molar-refractivity contribution is -0.132. The van der Waals surface area contributed by atoms with Crippen LogP contribution in [0.4, 0.5) is 11.4 Å². The number of amides is 1. The van der Waals surface area contributed by atoms with Gasteiger partial charge in [0.1, 0.15) is 0 Å². The fourth-order valence-electron chi connectivity index (χ4n) is 2.51. The lowest BCUT2D eigenvalue weighted by Gasteiger charge is -2.37. The number of para-hydroxylation sites is 2. The van der Waals surface area contributed by atoms with Crippen LogP contribution in [0.25, 0.3) is 0 Å². The molecule has 1 aliphatic rings. The van der Waals surface area contributed by atoms with Crippen LogP contribution >= 0.6 is 0 Å². The van der Waals surface area contributed by atoms with Gasteiger partial charge >= 0.3 is 0 Å². The maximum atomic E-state index is 12.1. The average molecular weight is 290 g/mol. The van der Waals surface area contributed by atoms with Gasteiger partial charge in [-0.25, -0.2) is 0 Å². The number of nitrogens with zero attached hydrogens (tertiary/aromatic N) is 3. The van der Waals surface area contributed by atoms with E-state index >= 15 is 0 Å². The van der Waals surface area contributed by atoms with E-state index in [0.717, 1.165) is 37.6 Å². The summed E-state index contributed by atoms with van der Waals surface area (Å²) in [5, 5.41) is 0. The van der Waals surface area contributed by atoms with Gasteiger partial charge in [-0.1, -0.05) is 12.1 Å². The van der Waals surface area contributed by atoms with E-state index in [-0.39, 0.29) is 11.9 Å². The second kappa shape index (κ2) is 6.80. The lowest BCUT2D eigenvalue weighted by Crippen LogP contribution is -2.50. The molecule has 5 heteroatoms. The normalized spacial score (nSPS) is 16.3. The monoisotopic (exact) mass is 290 g/mol. The van der Waals surface area contributed by atoms with E-state index in [1.165, 1.54) is 0 Å². The fraction of sp³-hybridized carbons (Fsp3) is 0.562. The molecule has 0 spiro atoms. The van der Waals surface area contributed by atoms with Crippen LogP contribution in [-0.4, -0.2) is 61.5 Å². The van der Waals surface area contributed by atoms with Crippen LogP contribution in [0, 0.1) is 0 Å². The number of nitrogen functional groups attached to an aromatic ring is 1. The Bertz CT molecular complexity index is 481. The van der Waals surface area contributed by atoms with Gasteiger partial charge < -0.3 is 15.5 Å². The molecule has 1 heterocycles. The van der Waals surface area contributed by atoms with Crippen molar-refractivity contribution in [2.45, 2.75) is 19.9 Å². The highest BCUT2D eigenvalue weighted by molar-refractivity contribution is 5.78. The van der Waals surface area contributed by atoms with E-state index in [0.29, 0.717) is 6.54 Å². The number of benzene rings is 1. The third-order valence-corrected chi connectivity index (χ3v) is 4.18. The van der Waals surface area contributed by atoms with Gasteiger partial charge in [-0.05, 0) is 26.0 Å². The van der Waals surface area contributed by atoms with Gasteiger partial charge in [-0.2, -0.15) is 0 Å². The molecule has 0 radical (unpaired) electrons. The van der Waals surface area contributed by atoms with E-state index in [1.54, 1.807) is 0 Å². The zero-order valence-corrected chi connectivity index (χ0v) is 13.2. The molecule has 0 saturated carbocycles. The minimum absolute atomic E-state index is 0.192. The molecule has 21 heavy (non-hydrogen) atoms. The van der Waals surface area contributed by atoms with Crippen LogP contribution in [0.5, 0.6) is 0 Å². The molecule has 0 aliphatic carbocycles. The van der Waals surface area contributed by atoms with Crippen molar-refractivity contribution < 1.29 is 4.79 Å². The van der Waals surface area contributed by atoms with Crippen molar-refractivity contribution in [1.29, 1.82) is 0 Å². The first-order valence-electron chi connectivity index (χ1n) is 7.56. The lowest BCUT2D eigenvalue weighted by atomic mass is 10.2. The Morgan fingerprint density at radius 2 is 1.86 bits per heavy atom. The highest BCUT2D eigenvalue weighted by Crippen LogP contribution is 2.23. The van der Waals surface area contributed by atoms with Crippen LogP contribution in [0.15, 0.2) is 24.3 Å². The summed E-state index contributed by atoms with van der Waals surface area (Å²) in [4.78, 5) is 18.4. The van der Waals surface area contributed by atoms with Gasteiger partial charge in [0.25, 0.3) is 0 Å². The van der Waals surface area contributed by atoms with E-state index in [2.05, 4.69) is 15.9 Å². The average Bonchev–Trinajstić information content (AvgIpc) is 2.47. The number of anilines is 2. The quantitative estimate of drug-likeness (QED) is 0.848. The van der Waals surface area contributed by atoms with Crippen molar-refractivity contribution in [3.05, 3.63) is 24.3 Å². The molecule has 2 N–H and O–H groups in total. The summed E-state index contributed by atoms with van der Waals surface area (Å²) < 4.78 is 0. The molecule has 1 amide bonds. The Labute approximate surface area is 127 Å². The van der Waals surface area contributed by atoms with Crippen molar-refractivity contribution in [2.24, 2.45) is 0 Å². The van der Waals surface area contributed by atoms with Crippen LogP contribution in [0.3, 0.4) is 0 Å². The van der Waals surface area contributed by atoms with E-state index in [9.17, 15) is 4.79 Å². The summed E-state index contributed by atoms with van der Waals surface area (Å²) in [6.45, 7) is 8.19. The van der Waals surface area contributed by atoms with Crippen molar-refractivity contribution in [1.82, 2.24) is 9.80 Å². The zero-order valence-electron chi connectivity index (χ0n) is 13.2. The molecule has 0 atom stereocenters. The summed E-state index contributed by atoms with van der Waals surface area (Å²) in [7, 11) is 1.87.